The van der Waals surface area contributed by atoms with E-state index >= 15 is 0 Å². The molecule has 2 rings (SSSR count). The van der Waals surface area contributed by atoms with Crippen LogP contribution in [0, 0.1) is 6.92 Å². The van der Waals surface area contributed by atoms with Gasteiger partial charge in [0.2, 0.25) is 0 Å². The van der Waals surface area contributed by atoms with Crippen molar-refractivity contribution < 1.29 is 4.79 Å². The van der Waals surface area contributed by atoms with Crippen LogP contribution in [0.1, 0.15) is 29.8 Å². The molecule has 1 aromatic carbocycles. The molecule has 22 heavy (non-hydrogen) atoms. The second-order valence-electron chi connectivity index (χ2n) is 5.00. The number of benzene rings is 1. The van der Waals surface area contributed by atoms with Crippen LogP contribution < -0.4 is 10.2 Å². The maximum atomic E-state index is 12.2. The molecule has 1 heterocycles. The summed E-state index contributed by atoms with van der Waals surface area (Å²) in [6, 6.07) is 9.31. The van der Waals surface area contributed by atoms with Gasteiger partial charge in [-0.05, 0) is 56.7 Å². The molecule has 0 aliphatic carbocycles. The van der Waals surface area contributed by atoms with Crippen LogP contribution in [-0.2, 0) is 0 Å². The molecule has 1 amide bonds. The molecule has 5 heteroatoms. The molecule has 0 aliphatic heterocycles. The third-order valence-electron chi connectivity index (χ3n) is 3.58. The number of hydrogen-bond donors (Lipinski definition) is 1. The number of amides is 1. The minimum Gasteiger partial charge on any atom is -0.372 e. The Hall–Kier alpha value is -2.07. The second-order valence-corrected chi connectivity index (χ2v) is 5.38. The maximum absolute atomic E-state index is 12.2. The molecule has 0 spiro atoms. The average molecular weight is 318 g/mol. The molecule has 0 saturated carbocycles. The largest absolute Gasteiger partial charge is 0.372 e. The first-order chi connectivity index (χ1) is 10.5. The van der Waals surface area contributed by atoms with E-state index in [1.165, 1.54) is 6.20 Å². The number of rotatable bonds is 5. The predicted molar refractivity (Wildman–Crippen MR) is 91.9 cm³/mol. The highest BCUT2D eigenvalue weighted by molar-refractivity contribution is 6.29. The fourth-order valence-corrected chi connectivity index (χ4v) is 2.39. The number of aryl methyl sites for hydroxylation is 1. The standard InChI is InChI=1S/C17H20ClN3O/c1-4-21(5-2)14-7-8-15(12(3)10-14)20-17(22)13-6-9-16(18)19-11-13/h6-11H,4-5H2,1-3H3,(H,20,22). The number of carbonyl (C=O) groups is 1. The van der Waals surface area contributed by atoms with Crippen LogP contribution in [0.2, 0.25) is 5.15 Å². The summed E-state index contributed by atoms with van der Waals surface area (Å²) in [5, 5.41) is 3.28. The molecule has 0 saturated heterocycles. The van der Waals surface area contributed by atoms with Crippen LogP contribution in [-0.4, -0.2) is 24.0 Å². The van der Waals surface area contributed by atoms with Crippen molar-refractivity contribution in [2.75, 3.05) is 23.3 Å². The van der Waals surface area contributed by atoms with E-state index in [1.807, 2.05) is 19.1 Å². The van der Waals surface area contributed by atoms with Gasteiger partial charge in [-0.1, -0.05) is 11.6 Å². The molecule has 2 aromatic rings. The summed E-state index contributed by atoms with van der Waals surface area (Å²) >= 11 is 5.73. The Balaban J connectivity index is 2.16. The van der Waals surface area contributed by atoms with E-state index in [0.29, 0.717) is 10.7 Å². The normalized spacial score (nSPS) is 10.4. The van der Waals surface area contributed by atoms with Crippen molar-refractivity contribution >= 4 is 28.9 Å². The van der Waals surface area contributed by atoms with Crippen molar-refractivity contribution in [3.8, 4) is 0 Å². The van der Waals surface area contributed by atoms with Gasteiger partial charge in [0.25, 0.3) is 5.91 Å². The topological polar surface area (TPSA) is 45.2 Å². The van der Waals surface area contributed by atoms with Gasteiger partial charge in [0.05, 0.1) is 5.56 Å². The first-order valence-corrected chi connectivity index (χ1v) is 7.71. The molecule has 0 unspecified atom stereocenters. The van der Waals surface area contributed by atoms with Gasteiger partial charge < -0.3 is 10.2 Å². The van der Waals surface area contributed by atoms with Crippen LogP contribution >= 0.6 is 11.6 Å². The smallest absolute Gasteiger partial charge is 0.257 e. The zero-order chi connectivity index (χ0) is 16.1. The molecule has 1 N–H and O–H groups in total. The fourth-order valence-electron chi connectivity index (χ4n) is 2.28. The highest BCUT2D eigenvalue weighted by atomic mass is 35.5. The molecule has 4 nitrogen and oxygen atoms in total. The van der Waals surface area contributed by atoms with Crippen LogP contribution in [0.3, 0.4) is 0 Å². The Morgan fingerprint density at radius 1 is 1.23 bits per heavy atom. The summed E-state index contributed by atoms with van der Waals surface area (Å²) in [5.41, 5.74) is 3.47. The number of carbonyl (C=O) groups excluding carboxylic acids is 1. The van der Waals surface area contributed by atoms with Crippen molar-refractivity contribution in [2.45, 2.75) is 20.8 Å². The fraction of sp³-hybridized carbons (Fsp3) is 0.294. The zero-order valence-corrected chi connectivity index (χ0v) is 13.8. The molecular weight excluding hydrogens is 298 g/mol. The number of pyridine rings is 1. The second kappa shape index (κ2) is 7.27. The highest BCUT2D eigenvalue weighted by Crippen LogP contribution is 2.23. The zero-order valence-electron chi connectivity index (χ0n) is 13.1. The van der Waals surface area contributed by atoms with Crippen molar-refractivity contribution in [3.05, 3.63) is 52.8 Å². The number of nitrogens with zero attached hydrogens (tertiary/aromatic N) is 2. The predicted octanol–water partition coefficient (Wildman–Crippen LogP) is 4.14. The molecule has 0 bridgehead atoms. The monoisotopic (exact) mass is 317 g/mol. The Morgan fingerprint density at radius 2 is 1.95 bits per heavy atom. The van der Waals surface area contributed by atoms with Crippen LogP contribution in [0.15, 0.2) is 36.5 Å². The summed E-state index contributed by atoms with van der Waals surface area (Å²) < 4.78 is 0. The number of halogens is 1. The lowest BCUT2D eigenvalue weighted by Gasteiger charge is -2.22. The lowest BCUT2D eigenvalue weighted by Crippen LogP contribution is -2.22. The summed E-state index contributed by atoms with van der Waals surface area (Å²) in [5.74, 6) is -0.192. The summed E-state index contributed by atoms with van der Waals surface area (Å²) in [7, 11) is 0. The average Bonchev–Trinajstić information content (AvgIpc) is 2.51. The molecule has 116 valence electrons. The van der Waals surface area contributed by atoms with Crippen molar-refractivity contribution in [3.63, 3.8) is 0 Å². The van der Waals surface area contributed by atoms with Gasteiger partial charge in [-0.15, -0.1) is 0 Å². The molecule has 0 atom stereocenters. The lowest BCUT2D eigenvalue weighted by molar-refractivity contribution is 0.102. The Labute approximate surface area is 136 Å². The van der Waals surface area contributed by atoms with Crippen molar-refractivity contribution in [2.24, 2.45) is 0 Å². The van der Waals surface area contributed by atoms with Gasteiger partial charge in [0.1, 0.15) is 5.15 Å². The van der Waals surface area contributed by atoms with E-state index in [0.717, 1.165) is 30.0 Å². The summed E-state index contributed by atoms with van der Waals surface area (Å²) in [4.78, 5) is 18.4. The number of anilines is 2. The third-order valence-corrected chi connectivity index (χ3v) is 3.80. The maximum Gasteiger partial charge on any atom is 0.257 e. The van der Waals surface area contributed by atoms with E-state index in [4.69, 9.17) is 11.6 Å². The Morgan fingerprint density at radius 3 is 2.50 bits per heavy atom. The SMILES string of the molecule is CCN(CC)c1ccc(NC(=O)c2ccc(Cl)nc2)c(C)c1. The van der Waals surface area contributed by atoms with Gasteiger partial charge in [0, 0.05) is 30.7 Å². The number of hydrogen-bond acceptors (Lipinski definition) is 3. The quantitative estimate of drug-likeness (QED) is 0.843. The van der Waals surface area contributed by atoms with Crippen molar-refractivity contribution in [1.82, 2.24) is 4.98 Å². The van der Waals surface area contributed by atoms with Crippen LogP contribution in [0.4, 0.5) is 11.4 Å². The third kappa shape index (κ3) is 3.77. The first-order valence-electron chi connectivity index (χ1n) is 7.33. The van der Waals surface area contributed by atoms with Crippen molar-refractivity contribution in [1.29, 1.82) is 0 Å². The molecule has 1 aromatic heterocycles. The van der Waals surface area contributed by atoms with Gasteiger partial charge in [-0.2, -0.15) is 0 Å². The molecule has 0 radical (unpaired) electrons. The van der Waals surface area contributed by atoms with Gasteiger partial charge in [-0.3, -0.25) is 4.79 Å². The van der Waals surface area contributed by atoms with E-state index in [9.17, 15) is 4.79 Å². The minimum absolute atomic E-state index is 0.192. The summed E-state index contributed by atoms with van der Waals surface area (Å²) in [6.45, 7) is 8.16. The highest BCUT2D eigenvalue weighted by Gasteiger charge is 2.10. The summed E-state index contributed by atoms with van der Waals surface area (Å²) in [6.07, 6.45) is 1.47. The van der Waals surface area contributed by atoms with Gasteiger partial charge >= 0.3 is 0 Å². The minimum atomic E-state index is -0.192. The van der Waals surface area contributed by atoms with E-state index < -0.39 is 0 Å². The molecule has 0 aliphatic rings. The first kappa shape index (κ1) is 16.3. The lowest BCUT2D eigenvalue weighted by atomic mass is 10.1. The van der Waals surface area contributed by atoms with Gasteiger partial charge in [0.15, 0.2) is 0 Å². The number of nitrogens with one attached hydrogen (secondary N) is 1. The molecular formula is C17H20ClN3O. The number of aromatic nitrogens is 1. The van der Waals surface area contributed by atoms with E-state index in [1.54, 1.807) is 12.1 Å². The Bertz CT molecular complexity index is 651. The van der Waals surface area contributed by atoms with Crippen LogP contribution in [0.5, 0.6) is 0 Å². The van der Waals surface area contributed by atoms with Gasteiger partial charge in [-0.25, -0.2) is 4.98 Å². The molecule has 0 fully saturated rings. The van der Waals surface area contributed by atoms with Crippen LogP contribution in [0.25, 0.3) is 0 Å². The van der Waals surface area contributed by atoms with E-state index in [-0.39, 0.29) is 5.91 Å². The van der Waals surface area contributed by atoms with E-state index in [2.05, 4.69) is 35.1 Å². The Kier molecular flexibility index (Phi) is 5.39.